The molecule has 2 aromatic carbocycles. The highest BCUT2D eigenvalue weighted by Crippen LogP contribution is 2.36. The molecule has 0 saturated heterocycles. The lowest BCUT2D eigenvalue weighted by molar-refractivity contribution is 0.315. The molecule has 2 nitrogen and oxygen atoms in total. The zero-order valence-corrected chi connectivity index (χ0v) is 15.3. The SMILES string of the molecule is CCCOc1ccc(C(Br)c2cccc(OC)c2)cc1Br. The van der Waals surface area contributed by atoms with Gasteiger partial charge in [0.25, 0.3) is 0 Å². The summed E-state index contributed by atoms with van der Waals surface area (Å²) < 4.78 is 11.9. The summed E-state index contributed by atoms with van der Waals surface area (Å²) in [7, 11) is 1.68. The normalized spacial score (nSPS) is 12.0. The van der Waals surface area contributed by atoms with Crippen molar-refractivity contribution < 1.29 is 9.47 Å². The summed E-state index contributed by atoms with van der Waals surface area (Å²) in [4.78, 5) is 0.115. The number of rotatable bonds is 6. The van der Waals surface area contributed by atoms with Crippen LogP contribution < -0.4 is 9.47 Å². The minimum absolute atomic E-state index is 0.115. The van der Waals surface area contributed by atoms with Gasteiger partial charge in [0.2, 0.25) is 0 Å². The minimum atomic E-state index is 0.115. The molecule has 112 valence electrons. The lowest BCUT2D eigenvalue weighted by Crippen LogP contribution is -1.98. The molecular weight excluding hydrogens is 396 g/mol. The fourth-order valence-electron chi connectivity index (χ4n) is 2.00. The molecule has 4 heteroatoms. The Bertz CT molecular complexity index is 599. The van der Waals surface area contributed by atoms with Crippen LogP contribution in [0.3, 0.4) is 0 Å². The fraction of sp³-hybridized carbons (Fsp3) is 0.294. The number of methoxy groups -OCH3 is 1. The Morgan fingerprint density at radius 3 is 2.52 bits per heavy atom. The predicted octanol–water partition coefficient (Wildman–Crippen LogP) is 5.73. The van der Waals surface area contributed by atoms with Gasteiger partial charge in [-0.15, -0.1) is 0 Å². The van der Waals surface area contributed by atoms with E-state index in [0.29, 0.717) is 0 Å². The summed E-state index contributed by atoms with van der Waals surface area (Å²) in [6.07, 6.45) is 0.999. The van der Waals surface area contributed by atoms with Crippen molar-refractivity contribution in [3.63, 3.8) is 0 Å². The van der Waals surface area contributed by atoms with Crippen molar-refractivity contribution in [1.82, 2.24) is 0 Å². The second-order valence-electron chi connectivity index (χ2n) is 4.68. The molecule has 0 fully saturated rings. The van der Waals surface area contributed by atoms with E-state index in [1.54, 1.807) is 7.11 Å². The number of hydrogen-bond donors (Lipinski definition) is 0. The molecule has 0 aliphatic carbocycles. The molecule has 1 unspecified atom stereocenters. The lowest BCUT2D eigenvalue weighted by atomic mass is 10.0. The molecule has 1 atom stereocenters. The third-order valence-corrected chi connectivity index (χ3v) is 4.77. The quantitative estimate of drug-likeness (QED) is 0.563. The molecule has 0 radical (unpaired) electrons. The van der Waals surface area contributed by atoms with Gasteiger partial charge in [-0.2, -0.15) is 0 Å². The number of halogens is 2. The molecule has 21 heavy (non-hydrogen) atoms. The van der Waals surface area contributed by atoms with Crippen LogP contribution in [0.4, 0.5) is 0 Å². The predicted molar refractivity (Wildman–Crippen MR) is 93.7 cm³/mol. The molecule has 0 amide bonds. The summed E-state index contributed by atoms with van der Waals surface area (Å²) in [6.45, 7) is 2.82. The molecule has 2 aromatic rings. The van der Waals surface area contributed by atoms with Crippen molar-refractivity contribution in [1.29, 1.82) is 0 Å². The first-order valence-electron chi connectivity index (χ1n) is 6.86. The highest BCUT2D eigenvalue weighted by molar-refractivity contribution is 9.10. The highest BCUT2D eigenvalue weighted by Gasteiger charge is 2.13. The summed E-state index contributed by atoms with van der Waals surface area (Å²) >= 11 is 7.33. The van der Waals surface area contributed by atoms with Crippen molar-refractivity contribution in [2.45, 2.75) is 18.2 Å². The van der Waals surface area contributed by atoms with E-state index in [-0.39, 0.29) is 4.83 Å². The zero-order valence-electron chi connectivity index (χ0n) is 12.1. The van der Waals surface area contributed by atoms with E-state index in [1.165, 1.54) is 5.56 Å². The first kappa shape index (κ1) is 16.4. The summed E-state index contributed by atoms with van der Waals surface area (Å²) in [5.41, 5.74) is 2.32. The molecule has 0 N–H and O–H groups in total. The first-order chi connectivity index (χ1) is 10.2. The van der Waals surface area contributed by atoms with Gasteiger partial charge in [0, 0.05) is 0 Å². The van der Waals surface area contributed by atoms with Crippen LogP contribution in [-0.2, 0) is 0 Å². The van der Waals surface area contributed by atoms with Gasteiger partial charge in [-0.3, -0.25) is 0 Å². The molecule has 0 heterocycles. The van der Waals surface area contributed by atoms with E-state index in [4.69, 9.17) is 9.47 Å². The third-order valence-electron chi connectivity index (χ3n) is 3.10. The monoisotopic (exact) mass is 412 g/mol. The minimum Gasteiger partial charge on any atom is -0.497 e. The van der Waals surface area contributed by atoms with Crippen LogP contribution in [0.5, 0.6) is 11.5 Å². The Kier molecular flexibility index (Phi) is 6.12. The van der Waals surface area contributed by atoms with Gasteiger partial charge in [-0.05, 0) is 57.7 Å². The number of benzene rings is 2. The van der Waals surface area contributed by atoms with Crippen LogP contribution >= 0.6 is 31.9 Å². The van der Waals surface area contributed by atoms with Gasteiger partial charge in [-0.1, -0.05) is 41.1 Å². The first-order valence-corrected chi connectivity index (χ1v) is 8.56. The van der Waals surface area contributed by atoms with Gasteiger partial charge in [-0.25, -0.2) is 0 Å². The number of ether oxygens (including phenoxy) is 2. The molecule has 0 aliphatic rings. The third kappa shape index (κ3) is 4.24. The Morgan fingerprint density at radius 2 is 1.86 bits per heavy atom. The smallest absolute Gasteiger partial charge is 0.133 e. The van der Waals surface area contributed by atoms with Crippen molar-refractivity contribution in [3.8, 4) is 11.5 Å². The molecule has 0 saturated carbocycles. The highest BCUT2D eigenvalue weighted by atomic mass is 79.9. The van der Waals surface area contributed by atoms with Gasteiger partial charge < -0.3 is 9.47 Å². The van der Waals surface area contributed by atoms with Crippen LogP contribution in [0.25, 0.3) is 0 Å². The summed E-state index contributed by atoms with van der Waals surface area (Å²) in [5.74, 6) is 1.74. The van der Waals surface area contributed by atoms with E-state index in [9.17, 15) is 0 Å². The maximum atomic E-state index is 5.68. The Balaban J connectivity index is 2.22. The molecule has 0 spiro atoms. The lowest BCUT2D eigenvalue weighted by Gasteiger charge is -2.14. The Labute approximate surface area is 142 Å². The van der Waals surface area contributed by atoms with Crippen LogP contribution in [0.1, 0.15) is 29.3 Å². The Morgan fingerprint density at radius 1 is 1.10 bits per heavy atom. The molecule has 0 bridgehead atoms. The van der Waals surface area contributed by atoms with Crippen LogP contribution in [0.15, 0.2) is 46.9 Å². The largest absolute Gasteiger partial charge is 0.497 e. The number of hydrogen-bond acceptors (Lipinski definition) is 2. The van der Waals surface area contributed by atoms with E-state index in [0.717, 1.165) is 34.6 Å². The van der Waals surface area contributed by atoms with Gasteiger partial charge >= 0.3 is 0 Å². The standard InChI is InChI=1S/C17H18Br2O2/c1-3-9-21-16-8-7-13(11-15(16)18)17(19)12-5-4-6-14(10-12)20-2/h4-8,10-11,17H,3,9H2,1-2H3. The van der Waals surface area contributed by atoms with Gasteiger partial charge in [0.15, 0.2) is 0 Å². The van der Waals surface area contributed by atoms with E-state index < -0.39 is 0 Å². The average molecular weight is 414 g/mol. The maximum absolute atomic E-state index is 5.68. The second-order valence-corrected chi connectivity index (χ2v) is 6.45. The van der Waals surface area contributed by atoms with E-state index in [2.05, 4.69) is 57.0 Å². The topological polar surface area (TPSA) is 18.5 Å². The average Bonchev–Trinajstić information content (AvgIpc) is 2.53. The van der Waals surface area contributed by atoms with Crippen molar-refractivity contribution in [3.05, 3.63) is 58.1 Å². The molecule has 0 aromatic heterocycles. The summed E-state index contributed by atoms with van der Waals surface area (Å²) in [5, 5.41) is 0. The molecule has 0 aliphatic heterocycles. The van der Waals surface area contributed by atoms with E-state index in [1.807, 2.05) is 24.3 Å². The second kappa shape index (κ2) is 7.85. The molecule has 2 rings (SSSR count). The maximum Gasteiger partial charge on any atom is 0.133 e. The number of alkyl halides is 1. The van der Waals surface area contributed by atoms with Gasteiger partial charge in [0.1, 0.15) is 11.5 Å². The van der Waals surface area contributed by atoms with Crippen molar-refractivity contribution in [2.75, 3.05) is 13.7 Å². The molecular formula is C17H18Br2O2. The van der Waals surface area contributed by atoms with Crippen LogP contribution in [0, 0.1) is 0 Å². The van der Waals surface area contributed by atoms with Crippen molar-refractivity contribution in [2.24, 2.45) is 0 Å². The zero-order chi connectivity index (χ0) is 15.2. The van der Waals surface area contributed by atoms with Crippen LogP contribution in [0.2, 0.25) is 0 Å². The summed E-state index contributed by atoms with van der Waals surface area (Å²) in [6, 6.07) is 14.2. The van der Waals surface area contributed by atoms with Gasteiger partial charge in [0.05, 0.1) is 23.0 Å². The van der Waals surface area contributed by atoms with E-state index >= 15 is 0 Å². The Hall–Kier alpha value is -1.00. The van der Waals surface area contributed by atoms with Crippen LogP contribution in [-0.4, -0.2) is 13.7 Å². The van der Waals surface area contributed by atoms with Crippen molar-refractivity contribution >= 4 is 31.9 Å². The fourth-order valence-corrected chi connectivity index (χ4v) is 3.08.